The molecule has 21 heteroatoms. The molecule has 4 saturated carbocycles. The summed E-state index contributed by atoms with van der Waals surface area (Å²) in [5.74, 6) is -2.88. The standard InChI is InChI=1S/C48H76O21/c1-43(2)11-13-48(42(63)69-40-32(58)30(56)28(54)24(18-50)65-40)14-12-46(5)20(21(48)15-43)7-8-26-44(3)16-22(52)37(45(4,19-51)25(44)9-10-47(26,46)6)68-41-34(60)35(33(59)36(67-41)38(61)62)66-39-31(57)29(55)27(53)23(17-49)64-39/h7,21-37,39-41,49-60H,8-19H2,1-6H3,(H,61,62). The molecule has 0 radical (unpaired) electrons. The lowest BCUT2D eigenvalue weighted by Crippen LogP contribution is -2.70. The lowest BCUT2D eigenvalue weighted by Gasteiger charge is -2.72. The van der Waals surface area contributed by atoms with Crippen molar-refractivity contribution in [1.82, 2.24) is 0 Å². The Morgan fingerprint density at radius 2 is 1.23 bits per heavy atom. The van der Waals surface area contributed by atoms with Gasteiger partial charge in [-0.15, -0.1) is 0 Å². The third kappa shape index (κ3) is 8.25. The Morgan fingerprint density at radius 1 is 0.652 bits per heavy atom. The highest BCUT2D eigenvalue weighted by Gasteiger charge is 2.72. The first kappa shape index (κ1) is 53.3. The number of ether oxygens (including phenoxy) is 6. The Hall–Kier alpha value is -2.00. The average molecular weight is 989 g/mol. The topological polar surface area (TPSA) is 353 Å². The molecule has 8 aliphatic rings. The Balaban J connectivity index is 1.06. The zero-order valence-corrected chi connectivity index (χ0v) is 40.2. The van der Waals surface area contributed by atoms with Crippen LogP contribution in [-0.2, 0) is 38.0 Å². The largest absolute Gasteiger partial charge is 0.479 e. The maximum absolute atomic E-state index is 14.7. The van der Waals surface area contributed by atoms with Gasteiger partial charge in [-0.1, -0.05) is 53.2 Å². The molecule has 0 bridgehead atoms. The summed E-state index contributed by atoms with van der Waals surface area (Å²) < 4.78 is 34.8. The van der Waals surface area contributed by atoms with Crippen molar-refractivity contribution < 1.29 is 104 Å². The van der Waals surface area contributed by atoms with E-state index in [9.17, 15) is 76.0 Å². The van der Waals surface area contributed by atoms with Crippen LogP contribution in [0.3, 0.4) is 0 Å². The van der Waals surface area contributed by atoms with Gasteiger partial charge in [0.2, 0.25) is 6.29 Å². The molecule has 21 nitrogen and oxygen atoms in total. The van der Waals surface area contributed by atoms with Crippen LogP contribution in [0, 0.1) is 50.2 Å². The number of aliphatic hydroxyl groups excluding tert-OH is 12. The minimum Gasteiger partial charge on any atom is -0.479 e. The van der Waals surface area contributed by atoms with Crippen molar-refractivity contribution in [2.75, 3.05) is 19.8 Å². The summed E-state index contributed by atoms with van der Waals surface area (Å²) in [6, 6.07) is 0. The summed E-state index contributed by atoms with van der Waals surface area (Å²) in [6.07, 6.45) is -22.2. The molecule has 69 heavy (non-hydrogen) atoms. The third-order valence-electron chi connectivity index (χ3n) is 19.4. The molecule has 0 aromatic heterocycles. The van der Waals surface area contributed by atoms with Gasteiger partial charge < -0.3 is 94.8 Å². The van der Waals surface area contributed by atoms with Crippen LogP contribution in [0.2, 0.25) is 0 Å². The van der Waals surface area contributed by atoms with Crippen LogP contribution in [0.25, 0.3) is 0 Å². The molecule has 7 fully saturated rings. The van der Waals surface area contributed by atoms with Gasteiger partial charge in [0, 0.05) is 5.41 Å². The molecular weight excluding hydrogens is 913 g/mol. The number of hydrogen-bond acceptors (Lipinski definition) is 20. The van der Waals surface area contributed by atoms with Crippen molar-refractivity contribution in [3.63, 3.8) is 0 Å². The molecule has 25 unspecified atom stereocenters. The monoisotopic (exact) mass is 988 g/mol. The summed E-state index contributed by atoms with van der Waals surface area (Å²) in [5, 5.41) is 139. The normalized spacial score (nSPS) is 53.9. The fourth-order valence-electron chi connectivity index (χ4n) is 15.2. The van der Waals surface area contributed by atoms with Crippen LogP contribution in [0.1, 0.15) is 99.3 Å². The minimum absolute atomic E-state index is 0.0662. The van der Waals surface area contributed by atoms with Gasteiger partial charge in [-0.05, 0) is 97.2 Å². The summed E-state index contributed by atoms with van der Waals surface area (Å²) >= 11 is 0. The Bertz CT molecular complexity index is 1930. The maximum atomic E-state index is 14.7. The molecule has 25 atom stereocenters. The van der Waals surface area contributed by atoms with E-state index in [1.54, 1.807) is 6.92 Å². The number of carbonyl (C=O) groups is 2. The Morgan fingerprint density at radius 3 is 1.83 bits per heavy atom. The molecular formula is C48H76O21. The van der Waals surface area contributed by atoms with Crippen LogP contribution in [0.4, 0.5) is 0 Å². The van der Waals surface area contributed by atoms with E-state index in [1.807, 2.05) is 0 Å². The lowest BCUT2D eigenvalue weighted by molar-refractivity contribution is -0.371. The van der Waals surface area contributed by atoms with Gasteiger partial charge in [0.1, 0.15) is 67.1 Å². The van der Waals surface area contributed by atoms with Crippen LogP contribution in [0.15, 0.2) is 11.6 Å². The molecule has 0 spiro atoms. The van der Waals surface area contributed by atoms with Gasteiger partial charge in [-0.3, -0.25) is 4.79 Å². The summed E-state index contributed by atoms with van der Waals surface area (Å²) in [7, 11) is 0. The highest BCUT2D eigenvalue weighted by molar-refractivity contribution is 5.79. The molecule has 0 amide bonds. The van der Waals surface area contributed by atoms with Gasteiger partial charge in [0.05, 0.1) is 37.4 Å². The molecule has 8 rings (SSSR count). The van der Waals surface area contributed by atoms with E-state index in [1.165, 1.54) is 0 Å². The second-order valence-corrected chi connectivity index (χ2v) is 23.5. The predicted molar refractivity (Wildman–Crippen MR) is 234 cm³/mol. The number of hydrogen-bond donors (Lipinski definition) is 13. The van der Waals surface area contributed by atoms with Crippen LogP contribution < -0.4 is 0 Å². The van der Waals surface area contributed by atoms with Crippen molar-refractivity contribution >= 4 is 11.9 Å². The zero-order chi connectivity index (χ0) is 50.7. The zero-order valence-electron chi connectivity index (χ0n) is 40.2. The highest BCUT2D eigenvalue weighted by Crippen LogP contribution is 2.76. The number of carboxylic acids is 1. The van der Waals surface area contributed by atoms with E-state index in [4.69, 9.17) is 28.4 Å². The van der Waals surface area contributed by atoms with Crippen molar-refractivity contribution in [2.24, 2.45) is 50.2 Å². The molecule has 3 saturated heterocycles. The van der Waals surface area contributed by atoms with Crippen molar-refractivity contribution in [3.05, 3.63) is 11.6 Å². The fourth-order valence-corrected chi connectivity index (χ4v) is 15.2. The van der Waals surface area contributed by atoms with Crippen LogP contribution >= 0.6 is 0 Å². The molecule has 394 valence electrons. The molecule has 5 aliphatic carbocycles. The number of esters is 1. The maximum Gasteiger partial charge on any atom is 0.335 e. The SMILES string of the molecule is CC1(C)CCC2(C(=O)OC3OC(CO)C(O)C(O)C3O)CCC3(C)C(=CCC4C5(C)CC(O)C(OC6OC(C(=O)O)C(O)C(OC7OC(CO)C(O)C(O)C7O)C6O)C(C)(CO)C5CCC43C)C2C1. The quantitative estimate of drug-likeness (QED) is 0.0651. The van der Waals surface area contributed by atoms with Crippen molar-refractivity contribution in [3.8, 4) is 0 Å². The average Bonchev–Trinajstić information content (AvgIpc) is 3.29. The lowest BCUT2D eigenvalue weighted by atomic mass is 9.33. The molecule has 3 aliphatic heterocycles. The highest BCUT2D eigenvalue weighted by atomic mass is 16.7. The van der Waals surface area contributed by atoms with E-state index in [2.05, 4.69) is 40.7 Å². The first-order chi connectivity index (χ1) is 32.2. The number of carbonyl (C=O) groups excluding carboxylic acids is 1. The first-order valence-corrected chi connectivity index (χ1v) is 24.6. The summed E-state index contributed by atoms with van der Waals surface area (Å²) in [6.45, 7) is 10.8. The predicted octanol–water partition coefficient (Wildman–Crippen LogP) is -1.82. The summed E-state index contributed by atoms with van der Waals surface area (Å²) in [4.78, 5) is 27.1. The second kappa shape index (κ2) is 18.7. The smallest absolute Gasteiger partial charge is 0.335 e. The van der Waals surface area contributed by atoms with Gasteiger partial charge in [0.15, 0.2) is 18.7 Å². The molecule has 0 aromatic carbocycles. The number of allylic oxidation sites excluding steroid dienone is 2. The Labute approximate surface area is 400 Å². The number of carboxylic acid groups (broad SMARTS) is 1. The molecule has 13 N–H and O–H groups in total. The van der Waals surface area contributed by atoms with Crippen LogP contribution in [-0.4, -0.2) is 202 Å². The van der Waals surface area contributed by atoms with E-state index < -0.39 is 163 Å². The molecule has 0 aromatic rings. The number of rotatable bonds is 10. The number of aliphatic carboxylic acids is 1. The van der Waals surface area contributed by atoms with Gasteiger partial charge in [0.25, 0.3) is 0 Å². The molecule has 3 heterocycles. The Kier molecular flexibility index (Phi) is 14.5. The fraction of sp³-hybridized carbons (Fsp3) is 0.917. The van der Waals surface area contributed by atoms with E-state index in [0.29, 0.717) is 44.9 Å². The first-order valence-electron chi connectivity index (χ1n) is 24.6. The van der Waals surface area contributed by atoms with Gasteiger partial charge >= 0.3 is 11.9 Å². The third-order valence-corrected chi connectivity index (χ3v) is 19.4. The summed E-state index contributed by atoms with van der Waals surface area (Å²) in [5.41, 5.74) is -2.71. The number of aliphatic hydroxyl groups is 12. The second-order valence-electron chi connectivity index (χ2n) is 23.5. The minimum atomic E-state index is -2.09. The van der Waals surface area contributed by atoms with Crippen molar-refractivity contribution in [2.45, 2.75) is 204 Å². The van der Waals surface area contributed by atoms with Crippen LogP contribution in [0.5, 0.6) is 0 Å². The van der Waals surface area contributed by atoms with Gasteiger partial charge in [-0.25, -0.2) is 4.79 Å². The van der Waals surface area contributed by atoms with Gasteiger partial charge in [-0.2, -0.15) is 0 Å². The number of fused-ring (bicyclic) bond motifs is 7. The van der Waals surface area contributed by atoms with Crippen molar-refractivity contribution in [1.29, 1.82) is 0 Å². The van der Waals surface area contributed by atoms with E-state index in [0.717, 1.165) is 12.0 Å². The van der Waals surface area contributed by atoms with E-state index >= 15 is 0 Å². The van der Waals surface area contributed by atoms with E-state index in [-0.39, 0.29) is 29.6 Å².